The molecule has 0 saturated heterocycles. The van der Waals surface area contributed by atoms with Crippen LogP contribution in [0.25, 0.3) is 0 Å². The van der Waals surface area contributed by atoms with E-state index < -0.39 is 0 Å². The number of rotatable bonds is 2. The molecule has 0 unspecified atom stereocenters. The summed E-state index contributed by atoms with van der Waals surface area (Å²) in [6.45, 7) is 0.213. The Balaban J connectivity index is 0.00000121. The summed E-state index contributed by atoms with van der Waals surface area (Å²) in [6.07, 6.45) is 4.97. The molecule has 0 saturated carbocycles. The molecule has 0 fully saturated rings. The highest BCUT2D eigenvalue weighted by Gasteiger charge is 2.03. The molecule has 0 N–H and O–H groups in total. The fraction of sp³-hybridized carbons (Fsp3) is 0.286. The topological polar surface area (TPSA) is 43.1 Å². The average molecular weight is 233 g/mol. The summed E-state index contributed by atoms with van der Waals surface area (Å²) < 4.78 is 6.11. The quantitative estimate of drug-likeness (QED) is 0.394. The molecule has 0 spiro atoms. The van der Waals surface area contributed by atoms with Crippen molar-refractivity contribution in [3.63, 3.8) is 0 Å². The molecule has 0 amide bonds. The SMILES string of the molecule is COC(=O)C[n+]1cccnc1.[Br-]. The van der Waals surface area contributed by atoms with Crippen LogP contribution in [0.4, 0.5) is 0 Å². The second-order valence-electron chi connectivity index (χ2n) is 2.00. The van der Waals surface area contributed by atoms with E-state index in [-0.39, 0.29) is 29.5 Å². The first kappa shape index (κ1) is 11.0. The third-order valence-electron chi connectivity index (χ3n) is 1.20. The van der Waals surface area contributed by atoms with Crippen LogP contribution in [-0.2, 0) is 16.1 Å². The Morgan fingerprint density at radius 3 is 2.92 bits per heavy atom. The number of nitrogens with zero attached hydrogens (tertiary/aromatic N) is 2. The molecule has 0 radical (unpaired) electrons. The highest BCUT2D eigenvalue weighted by Crippen LogP contribution is 1.74. The summed E-state index contributed by atoms with van der Waals surface area (Å²) in [7, 11) is 1.36. The third-order valence-corrected chi connectivity index (χ3v) is 1.20. The number of hydrogen-bond donors (Lipinski definition) is 0. The van der Waals surface area contributed by atoms with Gasteiger partial charge >= 0.3 is 5.97 Å². The number of methoxy groups -OCH3 is 1. The maximum atomic E-state index is 10.7. The zero-order valence-corrected chi connectivity index (χ0v) is 8.19. The highest BCUT2D eigenvalue weighted by atomic mass is 79.9. The van der Waals surface area contributed by atoms with Gasteiger partial charge in [-0.05, 0) is 0 Å². The van der Waals surface area contributed by atoms with Crippen molar-refractivity contribution in [1.82, 2.24) is 4.98 Å². The van der Waals surface area contributed by atoms with E-state index in [0.29, 0.717) is 0 Å². The van der Waals surface area contributed by atoms with E-state index in [4.69, 9.17) is 0 Å². The molecule has 1 rings (SSSR count). The van der Waals surface area contributed by atoms with E-state index in [1.165, 1.54) is 7.11 Å². The molecule has 0 aliphatic carbocycles. The molecule has 0 atom stereocenters. The van der Waals surface area contributed by atoms with Gasteiger partial charge in [-0.1, -0.05) is 4.98 Å². The molecule has 12 heavy (non-hydrogen) atoms. The van der Waals surface area contributed by atoms with Crippen molar-refractivity contribution >= 4 is 5.97 Å². The summed E-state index contributed by atoms with van der Waals surface area (Å²) in [5, 5.41) is 0. The minimum atomic E-state index is -0.275. The number of esters is 1. The molecule has 5 heteroatoms. The van der Waals surface area contributed by atoms with Crippen molar-refractivity contribution in [3.8, 4) is 0 Å². The number of hydrogen-bond acceptors (Lipinski definition) is 3. The molecule has 1 aromatic rings. The fourth-order valence-corrected chi connectivity index (χ4v) is 0.668. The molecule has 0 aliphatic rings. The van der Waals surface area contributed by atoms with Crippen LogP contribution >= 0.6 is 0 Å². The molecule has 0 bridgehead atoms. The Bertz CT molecular complexity index is 240. The Hall–Kier alpha value is -0.970. The van der Waals surface area contributed by atoms with Crippen molar-refractivity contribution in [2.45, 2.75) is 6.54 Å². The summed E-state index contributed by atoms with van der Waals surface area (Å²) >= 11 is 0. The van der Waals surface area contributed by atoms with Gasteiger partial charge in [0.25, 0.3) is 6.33 Å². The van der Waals surface area contributed by atoms with Crippen molar-refractivity contribution in [3.05, 3.63) is 24.8 Å². The van der Waals surface area contributed by atoms with Crippen LogP contribution in [0.5, 0.6) is 0 Å². The van der Waals surface area contributed by atoms with Gasteiger partial charge in [0.15, 0.2) is 6.54 Å². The lowest BCUT2D eigenvalue weighted by Crippen LogP contribution is -3.00. The van der Waals surface area contributed by atoms with Gasteiger partial charge in [0.05, 0.1) is 13.3 Å². The van der Waals surface area contributed by atoms with E-state index in [0.717, 1.165) is 0 Å². The number of carbonyl (C=O) groups is 1. The zero-order valence-electron chi connectivity index (χ0n) is 6.61. The molecular formula is C7H9BrN2O2. The summed E-state index contributed by atoms with van der Waals surface area (Å²) in [6, 6.07) is 1.75. The maximum absolute atomic E-state index is 10.7. The summed E-state index contributed by atoms with van der Waals surface area (Å²) in [5.41, 5.74) is 0. The summed E-state index contributed by atoms with van der Waals surface area (Å²) in [4.78, 5) is 14.5. The summed E-state index contributed by atoms with van der Waals surface area (Å²) in [5.74, 6) is -0.275. The molecule has 0 aliphatic heterocycles. The third kappa shape index (κ3) is 3.43. The monoisotopic (exact) mass is 232 g/mol. The molecule has 0 aromatic carbocycles. The predicted octanol–water partition coefficient (Wildman–Crippen LogP) is -3.45. The van der Waals surface area contributed by atoms with Crippen LogP contribution in [0, 0.1) is 0 Å². The van der Waals surface area contributed by atoms with Gasteiger partial charge in [-0.25, -0.2) is 9.36 Å². The molecule has 66 valence electrons. The normalized spacial score (nSPS) is 8.42. The van der Waals surface area contributed by atoms with Crippen LogP contribution in [0.2, 0.25) is 0 Å². The number of ether oxygens (including phenoxy) is 1. The van der Waals surface area contributed by atoms with Crippen LogP contribution in [0.3, 0.4) is 0 Å². The van der Waals surface area contributed by atoms with Gasteiger partial charge in [-0.2, -0.15) is 0 Å². The van der Waals surface area contributed by atoms with Gasteiger partial charge in [-0.3, -0.25) is 0 Å². The van der Waals surface area contributed by atoms with Crippen LogP contribution in [-0.4, -0.2) is 18.1 Å². The number of aromatic nitrogens is 2. The number of carbonyl (C=O) groups excluding carboxylic acids is 1. The van der Waals surface area contributed by atoms with Crippen LogP contribution in [0.1, 0.15) is 0 Å². The smallest absolute Gasteiger partial charge is 0.348 e. The molecule has 1 heterocycles. The second kappa shape index (κ2) is 5.65. The van der Waals surface area contributed by atoms with Gasteiger partial charge < -0.3 is 21.7 Å². The predicted molar refractivity (Wildman–Crippen MR) is 36.4 cm³/mol. The Labute approximate surface area is 81.0 Å². The lowest BCUT2D eigenvalue weighted by atomic mass is 10.6. The Morgan fingerprint density at radius 1 is 1.67 bits per heavy atom. The van der Waals surface area contributed by atoms with E-state index >= 15 is 0 Å². The van der Waals surface area contributed by atoms with E-state index in [9.17, 15) is 4.79 Å². The standard InChI is InChI=1S/C7H9N2O2.BrH/c1-11-7(10)5-9-4-2-3-8-6-9;/h2-4,6H,5H2,1H3;1H/q+1;/p-1. The van der Waals surface area contributed by atoms with Gasteiger partial charge in [0, 0.05) is 6.07 Å². The van der Waals surface area contributed by atoms with Gasteiger partial charge in [0.2, 0.25) is 0 Å². The van der Waals surface area contributed by atoms with Gasteiger partial charge in [-0.15, -0.1) is 0 Å². The molecular weight excluding hydrogens is 224 g/mol. The average Bonchev–Trinajstić information content (AvgIpc) is 2.06. The first-order valence-electron chi connectivity index (χ1n) is 3.19. The fourth-order valence-electron chi connectivity index (χ4n) is 0.668. The largest absolute Gasteiger partial charge is 1.00 e. The zero-order chi connectivity index (χ0) is 8.10. The minimum absolute atomic E-state index is 0. The Morgan fingerprint density at radius 2 is 2.42 bits per heavy atom. The Kier molecular flexibility index (Phi) is 5.19. The molecule has 1 aromatic heterocycles. The first-order chi connectivity index (χ1) is 5.33. The van der Waals surface area contributed by atoms with Gasteiger partial charge in [0.1, 0.15) is 6.20 Å². The first-order valence-corrected chi connectivity index (χ1v) is 3.19. The van der Waals surface area contributed by atoms with E-state index in [1.54, 1.807) is 29.4 Å². The van der Waals surface area contributed by atoms with Crippen molar-refractivity contribution < 1.29 is 31.1 Å². The van der Waals surface area contributed by atoms with Crippen LogP contribution in [0.15, 0.2) is 24.8 Å². The second-order valence-corrected chi connectivity index (χ2v) is 2.00. The molecule has 4 nitrogen and oxygen atoms in total. The lowest BCUT2D eigenvalue weighted by Gasteiger charge is -1.94. The minimum Gasteiger partial charge on any atom is -1.00 e. The van der Waals surface area contributed by atoms with Crippen molar-refractivity contribution in [2.75, 3.05) is 7.11 Å². The number of halogens is 1. The van der Waals surface area contributed by atoms with Crippen molar-refractivity contribution in [2.24, 2.45) is 0 Å². The van der Waals surface area contributed by atoms with Crippen LogP contribution < -0.4 is 21.5 Å². The highest BCUT2D eigenvalue weighted by molar-refractivity contribution is 5.67. The lowest BCUT2D eigenvalue weighted by molar-refractivity contribution is -0.688. The van der Waals surface area contributed by atoms with E-state index in [2.05, 4.69) is 9.72 Å². The van der Waals surface area contributed by atoms with E-state index in [1.807, 2.05) is 0 Å². The van der Waals surface area contributed by atoms with Crippen molar-refractivity contribution in [1.29, 1.82) is 0 Å². The maximum Gasteiger partial charge on any atom is 0.348 e.